The number of anilines is 1. The second kappa shape index (κ2) is 7.03. The molecular formula is C18H24N4O2. The minimum atomic E-state index is -0.145. The number of hydrogen-bond acceptors (Lipinski definition) is 3. The summed E-state index contributed by atoms with van der Waals surface area (Å²) < 4.78 is 0. The lowest BCUT2D eigenvalue weighted by Crippen LogP contribution is -2.29. The number of aromatic nitrogens is 2. The molecule has 2 aromatic rings. The standard InChI is InChI=1S/C18H24N4O2/c1-11(2)21-18(24)15-10-20-16-14(15)8-13(9-19-16)22-17(23)12-6-4-3-5-7-12/h8-12H,3-7H2,1-2H3,(H,19,20)(H,21,24)(H,22,23). The Bertz CT molecular complexity index is 745. The number of amides is 2. The summed E-state index contributed by atoms with van der Waals surface area (Å²) in [5, 5.41) is 6.55. The number of carbonyl (C=O) groups excluding carboxylic acids is 2. The maximum atomic E-state index is 12.4. The SMILES string of the molecule is CC(C)NC(=O)c1c[nH]c2ncc(NC(=O)C3CCCCC3)cc12. The molecule has 0 aromatic carbocycles. The Morgan fingerprint density at radius 2 is 2.00 bits per heavy atom. The minimum Gasteiger partial charge on any atom is -0.350 e. The van der Waals surface area contributed by atoms with Crippen molar-refractivity contribution < 1.29 is 9.59 Å². The van der Waals surface area contributed by atoms with Crippen LogP contribution in [-0.4, -0.2) is 27.8 Å². The van der Waals surface area contributed by atoms with Crippen LogP contribution in [0.2, 0.25) is 0 Å². The van der Waals surface area contributed by atoms with E-state index in [0.29, 0.717) is 16.9 Å². The Morgan fingerprint density at radius 3 is 2.71 bits per heavy atom. The molecule has 1 saturated carbocycles. The van der Waals surface area contributed by atoms with Crippen molar-refractivity contribution in [2.75, 3.05) is 5.32 Å². The van der Waals surface area contributed by atoms with Crippen LogP contribution in [-0.2, 0) is 4.79 Å². The quantitative estimate of drug-likeness (QED) is 0.805. The van der Waals surface area contributed by atoms with Gasteiger partial charge in [0.25, 0.3) is 5.91 Å². The number of aromatic amines is 1. The first-order valence-electron chi connectivity index (χ1n) is 8.63. The number of hydrogen-bond donors (Lipinski definition) is 3. The van der Waals surface area contributed by atoms with E-state index in [2.05, 4.69) is 20.6 Å². The largest absolute Gasteiger partial charge is 0.350 e. The third-order valence-corrected chi connectivity index (χ3v) is 4.44. The van der Waals surface area contributed by atoms with Gasteiger partial charge < -0.3 is 15.6 Å². The van der Waals surface area contributed by atoms with Crippen molar-refractivity contribution in [2.24, 2.45) is 5.92 Å². The zero-order valence-electron chi connectivity index (χ0n) is 14.2. The highest BCUT2D eigenvalue weighted by molar-refractivity contribution is 6.07. The van der Waals surface area contributed by atoms with Crippen LogP contribution in [0.3, 0.4) is 0 Å². The molecule has 0 unspecified atom stereocenters. The summed E-state index contributed by atoms with van der Waals surface area (Å²) in [6.07, 6.45) is 8.64. The highest BCUT2D eigenvalue weighted by atomic mass is 16.2. The van der Waals surface area contributed by atoms with Crippen LogP contribution in [0.25, 0.3) is 11.0 Å². The molecule has 6 nitrogen and oxygen atoms in total. The average Bonchev–Trinajstić information content (AvgIpc) is 2.98. The van der Waals surface area contributed by atoms with Crippen LogP contribution >= 0.6 is 0 Å². The lowest BCUT2D eigenvalue weighted by molar-refractivity contribution is -0.120. The second-order valence-electron chi connectivity index (χ2n) is 6.77. The van der Waals surface area contributed by atoms with Crippen LogP contribution in [0.15, 0.2) is 18.5 Å². The van der Waals surface area contributed by atoms with Gasteiger partial charge in [-0.25, -0.2) is 4.98 Å². The lowest BCUT2D eigenvalue weighted by Gasteiger charge is -2.20. The van der Waals surface area contributed by atoms with Crippen LogP contribution < -0.4 is 10.6 Å². The van der Waals surface area contributed by atoms with Crippen molar-refractivity contribution in [1.82, 2.24) is 15.3 Å². The molecule has 1 aliphatic carbocycles. The van der Waals surface area contributed by atoms with E-state index in [4.69, 9.17) is 0 Å². The molecular weight excluding hydrogens is 304 g/mol. The van der Waals surface area contributed by atoms with Crippen molar-refractivity contribution in [3.8, 4) is 0 Å². The summed E-state index contributed by atoms with van der Waals surface area (Å²) in [6.45, 7) is 3.83. The van der Waals surface area contributed by atoms with Gasteiger partial charge in [0.15, 0.2) is 0 Å². The number of pyridine rings is 1. The topological polar surface area (TPSA) is 86.9 Å². The van der Waals surface area contributed by atoms with Gasteiger partial charge in [-0.1, -0.05) is 19.3 Å². The molecule has 0 bridgehead atoms. The number of carbonyl (C=O) groups is 2. The van der Waals surface area contributed by atoms with Crippen molar-refractivity contribution in [3.63, 3.8) is 0 Å². The molecule has 0 atom stereocenters. The molecule has 3 N–H and O–H groups in total. The molecule has 2 heterocycles. The van der Waals surface area contributed by atoms with Crippen molar-refractivity contribution in [1.29, 1.82) is 0 Å². The van der Waals surface area contributed by atoms with E-state index in [1.165, 1.54) is 6.42 Å². The van der Waals surface area contributed by atoms with Crippen molar-refractivity contribution in [3.05, 3.63) is 24.0 Å². The predicted octanol–water partition coefficient (Wildman–Crippen LogP) is 3.22. The summed E-state index contributed by atoms with van der Waals surface area (Å²) in [7, 11) is 0. The molecule has 1 aliphatic rings. The fourth-order valence-electron chi connectivity index (χ4n) is 3.21. The van der Waals surface area contributed by atoms with Gasteiger partial charge in [-0.05, 0) is 32.8 Å². The Balaban J connectivity index is 1.79. The van der Waals surface area contributed by atoms with Gasteiger partial charge in [0.05, 0.1) is 17.4 Å². The highest BCUT2D eigenvalue weighted by Crippen LogP contribution is 2.26. The Hall–Kier alpha value is -2.37. The van der Waals surface area contributed by atoms with Crippen molar-refractivity contribution in [2.45, 2.75) is 52.0 Å². The number of rotatable bonds is 4. The first kappa shape index (κ1) is 16.5. The van der Waals surface area contributed by atoms with E-state index >= 15 is 0 Å². The summed E-state index contributed by atoms with van der Waals surface area (Å²) in [5.74, 6) is -0.00208. The van der Waals surface area contributed by atoms with E-state index in [0.717, 1.165) is 31.1 Å². The molecule has 128 valence electrons. The third-order valence-electron chi connectivity index (χ3n) is 4.44. The minimum absolute atomic E-state index is 0.0552. The first-order valence-corrected chi connectivity index (χ1v) is 8.63. The van der Waals surface area contributed by atoms with Crippen LogP contribution in [0.1, 0.15) is 56.3 Å². The third kappa shape index (κ3) is 3.58. The predicted molar refractivity (Wildman–Crippen MR) is 93.9 cm³/mol. The van der Waals surface area contributed by atoms with Gasteiger partial charge in [-0.2, -0.15) is 0 Å². The number of fused-ring (bicyclic) bond motifs is 1. The van der Waals surface area contributed by atoms with E-state index in [1.54, 1.807) is 12.4 Å². The summed E-state index contributed by atoms with van der Waals surface area (Å²) in [4.78, 5) is 32.0. The molecule has 2 aromatic heterocycles. The number of H-pyrrole nitrogens is 1. The Kier molecular flexibility index (Phi) is 4.83. The fraction of sp³-hybridized carbons (Fsp3) is 0.500. The summed E-state index contributed by atoms with van der Waals surface area (Å²) >= 11 is 0. The van der Waals surface area contributed by atoms with E-state index in [-0.39, 0.29) is 23.8 Å². The Labute approximate surface area is 141 Å². The molecule has 0 saturated heterocycles. The normalized spacial score (nSPS) is 15.6. The maximum absolute atomic E-state index is 12.4. The smallest absolute Gasteiger partial charge is 0.253 e. The second-order valence-corrected chi connectivity index (χ2v) is 6.77. The maximum Gasteiger partial charge on any atom is 0.253 e. The van der Waals surface area contributed by atoms with Crippen LogP contribution in [0.5, 0.6) is 0 Å². The summed E-state index contributed by atoms with van der Waals surface area (Å²) in [5.41, 5.74) is 1.82. The van der Waals surface area contributed by atoms with Crippen LogP contribution in [0, 0.1) is 5.92 Å². The fourth-order valence-corrected chi connectivity index (χ4v) is 3.21. The van der Waals surface area contributed by atoms with E-state index in [9.17, 15) is 9.59 Å². The molecule has 2 amide bonds. The van der Waals surface area contributed by atoms with Gasteiger partial charge in [-0.15, -0.1) is 0 Å². The average molecular weight is 328 g/mol. The van der Waals surface area contributed by atoms with Gasteiger partial charge in [0.1, 0.15) is 5.65 Å². The van der Waals surface area contributed by atoms with E-state index < -0.39 is 0 Å². The van der Waals surface area contributed by atoms with Gasteiger partial charge >= 0.3 is 0 Å². The van der Waals surface area contributed by atoms with Gasteiger partial charge in [0, 0.05) is 23.5 Å². The highest BCUT2D eigenvalue weighted by Gasteiger charge is 2.21. The molecule has 0 radical (unpaired) electrons. The molecule has 6 heteroatoms. The molecule has 0 aliphatic heterocycles. The first-order chi connectivity index (χ1) is 11.5. The lowest BCUT2D eigenvalue weighted by atomic mass is 9.88. The number of nitrogens with zero attached hydrogens (tertiary/aromatic N) is 1. The molecule has 24 heavy (non-hydrogen) atoms. The van der Waals surface area contributed by atoms with Crippen molar-refractivity contribution >= 4 is 28.5 Å². The monoisotopic (exact) mass is 328 g/mol. The summed E-state index contributed by atoms with van der Waals surface area (Å²) in [6, 6.07) is 1.87. The molecule has 3 rings (SSSR count). The van der Waals surface area contributed by atoms with Gasteiger partial charge in [0.2, 0.25) is 5.91 Å². The molecule has 0 spiro atoms. The number of nitrogens with one attached hydrogen (secondary N) is 3. The zero-order chi connectivity index (χ0) is 17.1. The van der Waals surface area contributed by atoms with Crippen LogP contribution in [0.4, 0.5) is 5.69 Å². The Morgan fingerprint density at radius 1 is 1.25 bits per heavy atom. The van der Waals surface area contributed by atoms with Gasteiger partial charge in [-0.3, -0.25) is 9.59 Å². The zero-order valence-corrected chi connectivity index (χ0v) is 14.2. The molecule has 1 fully saturated rings. The van der Waals surface area contributed by atoms with E-state index in [1.807, 2.05) is 19.9 Å².